The molecule has 0 spiro atoms. The Labute approximate surface area is 130 Å². The Kier molecular flexibility index (Phi) is 4.04. The molecule has 1 aromatic rings. The van der Waals surface area contributed by atoms with Gasteiger partial charge in [-0.25, -0.2) is 4.98 Å². The molecule has 0 bridgehead atoms. The van der Waals surface area contributed by atoms with Crippen molar-refractivity contribution in [1.82, 2.24) is 20.1 Å². The van der Waals surface area contributed by atoms with Crippen LogP contribution < -0.4 is 0 Å². The SMILES string of the molecule is CC(C)(C)c1n[nH]c(C2CN(C(=O)C3CC=CC3)CCO2)n1. The standard InChI is InChI=1S/C16H24N4O2/c1-16(2,3)15-17-13(18-19-15)12-10-20(8-9-22-12)14(21)11-6-4-5-7-11/h4-5,11-12H,6-10H2,1-3H3,(H,17,18,19). The van der Waals surface area contributed by atoms with Crippen LogP contribution in [0, 0.1) is 5.92 Å². The molecule has 1 saturated heterocycles. The van der Waals surface area contributed by atoms with Gasteiger partial charge in [-0.15, -0.1) is 0 Å². The Morgan fingerprint density at radius 3 is 2.73 bits per heavy atom. The predicted molar refractivity (Wildman–Crippen MR) is 82.2 cm³/mol. The minimum absolute atomic E-state index is 0.103. The van der Waals surface area contributed by atoms with E-state index in [1.54, 1.807) is 0 Å². The van der Waals surface area contributed by atoms with Crippen molar-refractivity contribution >= 4 is 5.91 Å². The number of nitrogens with one attached hydrogen (secondary N) is 1. The zero-order valence-electron chi connectivity index (χ0n) is 13.5. The van der Waals surface area contributed by atoms with E-state index in [-0.39, 0.29) is 23.3 Å². The highest BCUT2D eigenvalue weighted by Gasteiger charge is 2.32. The van der Waals surface area contributed by atoms with Crippen LogP contribution in [0.4, 0.5) is 0 Å². The number of hydrogen-bond acceptors (Lipinski definition) is 4. The molecule has 3 rings (SSSR count). The Morgan fingerprint density at radius 2 is 2.09 bits per heavy atom. The number of aromatic nitrogens is 3. The van der Waals surface area contributed by atoms with E-state index in [1.807, 2.05) is 4.90 Å². The van der Waals surface area contributed by atoms with E-state index in [9.17, 15) is 4.79 Å². The van der Waals surface area contributed by atoms with Crippen molar-refractivity contribution in [1.29, 1.82) is 0 Å². The number of H-pyrrole nitrogens is 1. The van der Waals surface area contributed by atoms with Crippen LogP contribution in [0.2, 0.25) is 0 Å². The van der Waals surface area contributed by atoms with E-state index in [0.29, 0.717) is 25.5 Å². The first kappa shape index (κ1) is 15.2. The summed E-state index contributed by atoms with van der Waals surface area (Å²) in [5, 5.41) is 7.26. The summed E-state index contributed by atoms with van der Waals surface area (Å²) in [6, 6.07) is 0. The number of ether oxygens (including phenoxy) is 1. The van der Waals surface area contributed by atoms with Crippen LogP contribution in [-0.2, 0) is 14.9 Å². The van der Waals surface area contributed by atoms with Crippen molar-refractivity contribution in [3.63, 3.8) is 0 Å². The number of rotatable bonds is 2. The van der Waals surface area contributed by atoms with Crippen LogP contribution in [0.3, 0.4) is 0 Å². The lowest BCUT2D eigenvalue weighted by Gasteiger charge is -2.33. The monoisotopic (exact) mass is 304 g/mol. The second kappa shape index (κ2) is 5.83. The third kappa shape index (κ3) is 3.06. The summed E-state index contributed by atoms with van der Waals surface area (Å²) in [4.78, 5) is 19.0. The Morgan fingerprint density at radius 1 is 1.36 bits per heavy atom. The van der Waals surface area contributed by atoms with Gasteiger partial charge >= 0.3 is 0 Å². The highest BCUT2D eigenvalue weighted by Crippen LogP contribution is 2.26. The van der Waals surface area contributed by atoms with E-state index in [4.69, 9.17) is 4.74 Å². The molecular weight excluding hydrogens is 280 g/mol. The highest BCUT2D eigenvalue weighted by molar-refractivity contribution is 5.79. The van der Waals surface area contributed by atoms with Crippen molar-refractivity contribution in [2.75, 3.05) is 19.7 Å². The molecule has 2 aliphatic rings. The minimum atomic E-state index is -0.212. The summed E-state index contributed by atoms with van der Waals surface area (Å²) >= 11 is 0. The zero-order valence-corrected chi connectivity index (χ0v) is 13.5. The first-order valence-electron chi connectivity index (χ1n) is 7.93. The number of nitrogens with zero attached hydrogens (tertiary/aromatic N) is 3. The van der Waals surface area contributed by atoms with Crippen LogP contribution in [0.15, 0.2) is 12.2 Å². The Balaban J connectivity index is 1.67. The van der Waals surface area contributed by atoms with Gasteiger partial charge in [-0.1, -0.05) is 32.9 Å². The average molecular weight is 304 g/mol. The van der Waals surface area contributed by atoms with Gasteiger partial charge in [0.2, 0.25) is 5.91 Å². The molecule has 6 nitrogen and oxygen atoms in total. The van der Waals surface area contributed by atoms with Gasteiger partial charge in [-0.2, -0.15) is 5.10 Å². The summed E-state index contributed by atoms with van der Waals surface area (Å²) in [6.45, 7) is 7.97. The fraction of sp³-hybridized carbons (Fsp3) is 0.688. The number of allylic oxidation sites excluding steroid dienone is 2. The van der Waals surface area contributed by atoms with Gasteiger partial charge in [0.05, 0.1) is 13.2 Å². The van der Waals surface area contributed by atoms with E-state index >= 15 is 0 Å². The minimum Gasteiger partial charge on any atom is -0.367 e. The smallest absolute Gasteiger partial charge is 0.226 e. The molecule has 0 aromatic carbocycles. The van der Waals surface area contributed by atoms with E-state index in [1.165, 1.54) is 0 Å². The second-order valence-corrected chi connectivity index (χ2v) is 7.08. The van der Waals surface area contributed by atoms with Crippen molar-refractivity contribution in [2.45, 2.75) is 45.1 Å². The number of aromatic amines is 1. The largest absolute Gasteiger partial charge is 0.367 e. The van der Waals surface area contributed by atoms with Crippen LogP contribution in [0.5, 0.6) is 0 Å². The maximum Gasteiger partial charge on any atom is 0.226 e. The number of hydrogen-bond donors (Lipinski definition) is 1. The van der Waals surface area contributed by atoms with Gasteiger partial charge in [0.1, 0.15) is 6.10 Å². The van der Waals surface area contributed by atoms with Crippen molar-refractivity contribution in [3.8, 4) is 0 Å². The molecular formula is C16H24N4O2. The summed E-state index contributed by atoms with van der Waals surface area (Å²) in [5.41, 5.74) is -0.103. The predicted octanol–water partition coefficient (Wildman–Crippen LogP) is 1.97. The molecule has 0 saturated carbocycles. The van der Waals surface area contributed by atoms with Gasteiger partial charge in [-0.3, -0.25) is 9.89 Å². The zero-order chi connectivity index (χ0) is 15.7. The molecule has 1 N–H and O–H groups in total. The Hall–Kier alpha value is -1.69. The lowest BCUT2D eigenvalue weighted by atomic mass is 9.96. The first-order chi connectivity index (χ1) is 10.4. The van der Waals surface area contributed by atoms with Crippen LogP contribution in [-0.4, -0.2) is 45.7 Å². The second-order valence-electron chi connectivity index (χ2n) is 7.08. The van der Waals surface area contributed by atoms with Crippen LogP contribution in [0.25, 0.3) is 0 Å². The normalized spacial score (nSPS) is 23.2. The summed E-state index contributed by atoms with van der Waals surface area (Å²) in [7, 11) is 0. The number of carbonyl (C=O) groups excluding carboxylic acids is 1. The molecule has 1 aromatic heterocycles. The molecule has 6 heteroatoms. The Bertz CT molecular complexity index is 565. The molecule has 22 heavy (non-hydrogen) atoms. The van der Waals surface area contributed by atoms with E-state index in [0.717, 1.165) is 18.7 Å². The topological polar surface area (TPSA) is 71.1 Å². The van der Waals surface area contributed by atoms with Crippen molar-refractivity contribution in [3.05, 3.63) is 23.8 Å². The molecule has 0 radical (unpaired) electrons. The lowest BCUT2D eigenvalue weighted by molar-refractivity contribution is -0.143. The number of amides is 1. The maximum absolute atomic E-state index is 12.5. The fourth-order valence-corrected chi connectivity index (χ4v) is 2.85. The molecule has 2 heterocycles. The van der Waals surface area contributed by atoms with E-state index in [2.05, 4.69) is 48.1 Å². The van der Waals surface area contributed by atoms with Gasteiger partial charge < -0.3 is 9.64 Å². The third-order valence-corrected chi connectivity index (χ3v) is 4.21. The van der Waals surface area contributed by atoms with Crippen LogP contribution in [0.1, 0.15) is 51.4 Å². The maximum atomic E-state index is 12.5. The molecule has 1 atom stereocenters. The summed E-state index contributed by atoms with van der Waals surface area (Å²) < 4.78 is 5.79. The van der Waals surface area contributed by atoms with Crippen molar-refractivity contribution < 1.29 is 9.53 Å². The average Bonchev–Trinajstić information content (AvgIpc) is 3.17. The van der Waals surface area contributed by atoms with Crippen molar-refractivity contribution in [2.24, 2.45) is 5.92 Å². The van der Waals surface area contributed by atoms with Gasteiger partial charge in [0.25, 0.3) is 0 Å². The van der Waals surface area contributed by atoms with E-state index < -0.39 is 0 Å². The highest BCUT2D eigenvalue weighted by atomic mass is 16.5. The quantitative estimate of drug-likeness (QED) is 0.848. The molecule has 1 fully saturated rings. The fourth-order valence-electron chi connectivity index (χ4n) is 2.85. The molecule has 1 aliphatic carbocycles. The number of morpholine rings is 1. The summed E-state index contributed by atoms with van der Waals surface area (Å²) in [5.74, 6) is 1.83. The number of carbonyl (C=O) groups is 1. The van der Waals surface area contributed by atoms with Gasteiger partial charge in [0, 0.05) is 17.9 Å². The molecule has 120 valence electrons. The third-order valence-electron chi connectivity index (χ3n) is 4.21. The van der Waals surface area contributed by atoms with Gasteiger partial charge in [-0.05, 0) is 12.8 Å². The van der Waals surface area contributed by atoms with Crippen LogP contribution >= 0.6 is 0 Å². The molecule has 1 aliphatic heterocycles. The summed E-state index contributed by atoms with van der Waals surface area (Å²) in [6.07, 6.45) is 5.68. The molecule has 1 amide bonds. The first-order valence-corrected chi connectivity index (χ1v) is 7.93. The lowest BCUT2D eigenvalue weighted by Crippen LogP contribution is -2.44. The molecule has 1 unspecified atom stereocenters. The van der Waals surface area contributed by atoms with Gasteiger partial charge in [0.15, 0.2) is 11.6 Å².